The number of amides is 1. The highest BCUT2D eigenvalue weighted by atomic mass is 19.1. The van der Waals surface area contributed by atoms with Gasteiger partial charge in [0.2, 0.25) is 0 Å². The lowest BCUT2D eigenvalue weighted by molar-refractivity contribution is 0.0753. The molecule has 1 aromatic carbocycles. The maximum Gasteiger partial charge on any atom is 0.260 e. The van der Waals surface area contributed by atoms with E-state index in [1.165, 1.54) is 23.1 Å². The van der Waals surface area contributed by atoms with Crippen LogP contribution in [-0.4, -0.2) is 54.0 Å². The van der Waals surface area contributed by atoms with E-state index >= 15 is 0 Å². The topological polar surface area (TPSA) is 43.8 Å². The van der Waals surface area contributed by atoms with Crippen LogP contribution in [0.3, 0.4) is 0 Å². The molecular weight excluding hydrogens is 247 g/mol. The van der Waals surface area contributed by atoms with Crippen molar-refractivity contribution >= 4 is 5.91 Å². The van der Waals surface area contributed by atoms with E-state index < -0.39 is 11.7 Å². The molecule has 1 heterocycles. The minimum absolute atomic E-state index is 0.245. The Bertz CT molecular complexity index is 458. The van der Waals surface area contributed by atoms with Crippen LogP contribution in [0.4, 0.5) is 4.39 Å². The van der Waals surface area contributed by atoms with Gasteiger partial charge in [-0.1, -0.05) is 6.07 Å². The van der Waals surface area contributed by atoms with Crippen LogP contribution in [0.25, 0.3) is 0 Å². The number of benzene rings is 1. The third-order valence-corrected chi connectivity index (χ3v) is 3.71. The molecule has 1 saturated heterocycles. The predicted octanol–water partition coefficient (Wildman–Crippen LogP) is 1.70. The van der Waals surface area contributed by atoms with Crippen LogP contribution in [0.2, 0.25) is 0 Å². The van der Waals surface area contributed by atoms with Crippen molar-refractivity contribution in [2.75, 3.05) is 27.2 Å². The molecule has 1 N–H and O–H groups in total. The molecule has 4 nitrogen and oxygen atoms in total. The lowest BCUT2D eigenvalue weighted by atomic mass is 10.1. The number of rotatable bonds is 3. The summed E-state index contributed by atoms with van der Waals surface area (Å²) in [6, 6.07) is 4.20. The Morgan fingerprint density at radius 2 is 2.32 bits per heavy atom. The number of likely N-dealkylation sites (tertiary alicyclic amines) is 1. The first-order valence-corrected chi connectivity index (χ1v) is 6.44. The number of likely N-dealkylation sites (N-methyl/N-ethyl adjacent to an activating group) is 2. The smallest absolute Gasteiger partial charge is 0.260 e. The van der Waals surface area contributed by atoms with Crippen LogP contribution >= 0.6 is 0 Å². The molecular formula is C14H19FN2O2. The van der Waals surface area contributed by atoms with E-state index in [1.54, 1.807) is 7.05 Å². The lowest BCUT2D eigenvalue weighted by Gasteiger charge is -2.26. The summed E-state index contributed by atoms with van der Waals surface area (Å²) in [5, 5.41) is 9.63. The predicted molar refractivity (Wildman–Crippen MR) is 70.7 cm³/mol. The number of carbonyl (C=O) groups excluding carboxylic acids is 1. The summed E-state index contributed by atoms with van der Waals surface area (Å²) < 4.78 is 13.6. The molecule has 1 aliphatic heterocycles. The van der Waals surface area contributed by atoms with Gasteiger partial charge in [0, 0.05) is 19.6 Å². The van der Waals surface area contributed by atoms with Crippen LogP contribution in [-0.2, 0) is 0 Å². The molecule has 0 spiro atoms. The number of phenolic OH excluding ortho intramolecular Hbond substituents is 1. The maximum atomic E-state index is 13.6. The number of aromatic hydroxyl groups is 1. The molecule has 104 valence electrons. The van der Waals surface area contributed by atoms with E-state index in [9.17, 15) is 14.3 Å². The van der Waals surface area contributed by atoms with Crippen molar-refractivity contribution in [3.8, 4) is 5.75 Å². The molecule has 0 aliphatic carbocycles. The van der Waals surface area contributed by atoms with E-state index in [-0.39, 0.29) is 11.3 Å². The summed E-state index contributed by atoms with van der Waals surface area (Å²) in [5.74, 6) is -1.47. The molecule has 1 fully saturated rings. The summed E-state index contributed by atoms with van der Waals surface area (Å²) >= 11 is 0. The van der Waals surface area contributed by atoms with Crippen molar-refractivity contribution in [2.24, 2.45) is 0 Å². The fourth-order valence-corrected chi connectivity index (χ4v) is 2.52. The molecule has 0 bridgehead atoms. The lowest BCUT2D eigenvalue weighted by Crippen LogP contribution is -2.39. The Balaban J connectivity index is 2.10. The molecule has 1 atom stereocenters. The normalized spacial score (nSPS) is 19.6. The maximum absolute atomic E-state index is 13.6. The van der Waals surface area contributed by atoms with Gasteiger partial charge in [0.15, 0.2) is 0 Å². The van der Waals surface area contributed by atoms with Crippen molar-refractivity contribution in [1.29, 1.82) is 0 Å². The highest BCUT2D eigenvalue weighted by Crippen LogP contribution is 2.22. The van der Waals surface area contributed by atoms with Crippen molar-refractivity contribution < 1.29 is 14.3 Å². The van der Waals surface area contributed by atoms with E-state index in [0.717, 1.165) is 19.4 Å². The van der Waals surface area contributed by atoms with Gasteiger partial charge in [-0.2, -0.15) is 0 Å². The number of hydrogen-bond donors (Lipinski definition) is 1. The standard InChI is InChI=1S/C14H19FN2O2/c1-16-8-4-5-10(16)9-17(2)14(19)13-11(15)6-3-7-12(13)18/h3,6-7,10,18H,4-5,8-9H2,1-2H3. The summed E-state index contributed by atoms with van der Waals surface area (Å²) in [6.07, 6.45) is 2.16. The largest absolute Gasteiger partial charge is 0.507 e. The van der Waals surface area contributed by atoms with E-state index in [0.29, 0.717) is 12.6 Å². The Kier molecular flexibility index (Phi) is 4.04. The van der Waals surface area contributed by atoms with E-state index in [4.69, 9.17) is 0 Å². The zero-order valence-electron chi connectivity index (χ0n) is 11.3. The van der Waals surface area contributed by atoms with Gasteiger partial charge >= 0.3 is 0 Å². The van der Waals surface area contributed by atoms with E-state index in [1.807, 2.05) is 7.05 Å². The van der Waals surface area contributed by atoms with Crippen LogP contribution in [0, 0.1) is 5.82 Å². The number of halogens is 1. The molecule has 0 aromatic heterocycles. The zero-order chi connectivity index (χ0) is 14.0. The SMILES string of the molecule is CN(CC1CCCN1C)C(=O)c1c(O)cccc1F. The van der Waals surface area contributed by atoms with Gasteiger partial charge in [0.05, 0.1) is 0 Å². The molecule has 5 heteroatoms. The fraction of sp³-hybridized carbons (Fsp3) is 0.500. The number of hydrogen-bond acceptors (Lipinski definition) is 3. The first-order chi connectivity index (χ1) is 9.00. The van der Waals surface area contributed by atoms with Gasteiger partial charge < -0.3 is 14.9 Å². The van der Waals surface area contributed by atoms with E-state index in [2.05, 4.69) is 4.90 Å². The average molecular weight is 266 g/mol. The minimum Gasteiger partial charge on any atom is -0.507 e. The Morgan fingerprint density at radius 1 is 1.58 bits per heavy atom. The first-order valence-electron chi connectivity index (χ1n) is 6.44. The molecule has 1 aromatic rings. The molecule has 1 aliphatic rings. The number of carbonyl (C=O) groups is 1. The highest BCUT2D eigenvalue weighted by molar-refractivity contribution is 5.96. The molecule has 1 amide bonds. The second-order valence-corrected chi connectivity index (χ2v) is 5.10. The van der Waals surface area contributed by atoms with Crippen LogP contribution < -0.4 is 0 Å². The van der Waals surface area contributed by atoms with Gasteiger partial charge in [-0.25, -0.2) is 4.39 Å². The molecule has 19 heavy (non-hydrogen) atoms. The van der Waals surface area contributed by atoms with Crippen molar-refractivity contribution in [2.45, 2.75) is 18.9 Å². The van der Waals surface area contributed by atoms with Gasteiger partial charge in [-0.15, -0.1) is 0 Å². The van der Waals surface area contributed by atoms with Crippen molar-refractivity contribution in [3.63, 3.8) is 0 Å². The monoisotopic (exact) mass is 266 g/mol. The molecule has 2 rings (SSSR count). The second kappa shape index (κ2) is 5.57. The third-order valence-electron chi connectivity index (χ3n) is 3.71. The summed E-state index contributed by atoms with van der Waals surface area (Å²) in [6.45, 7) is 1.57. The highest BCUT2D eigenvalue weighted by Gasteiger charge is 2.26. The van der Waals surface area contributed by atoms with Crippen molar-refractivity contribution in [1.82, 2.24) is 9.80 Å². The molecule has 1 unspecified atom stereocenters. The molecule has 0 saturated carbocycles. The Hall–Kier alpha value is -1.62. The van der Waals surface area contributed by atoms with Gasteiger partial charge in [-0.3, -0.25) is 4.79 Å². The average Bonchev–Trinajstić information content (AvgIpc) is 2.74. The van der Waals surface area contributed by atoms with Crippen molar-refractivity contribution in [3.05, 3.63) is 29.6 Å². The third kappa shape index (κ3) is 2.87. The Morgan fingerprint density at radius 3 is 2.89 bits per heavy atom. The van der Waals surface area contributed by atoms with Gasteiger partial charge in [0.1, 0.15) is 17.1 Å². The first kappa shape index (κ1) is 13.8. The second-order valence-electron chi connectivity index (χ2n) is 5.10. The zero-order valence-corrected chi connectivity index (χ0v) is 11.3. The van der Waals surface area contributed by atoms with Crippen LogP contribution in [0.15, 0.2) is 18.2 Å². The van der Waals surface area contributed by atoms with Gasteiger partial charge in [-0.05, 0) is 38.6 Å². The number of phenols is 1. The molecule has 0 radical (unpaired) electrons. The summed E-state index contributed by atoms with van der Waals surface area (Å²) in [4.78, 5) is 15.9. The fourth-order valence-electron chi connectivity index (χ4n) is 2.52. The quantitative estimate of drug-likeness (QED) is 0.905. The van der Waals surface area contributed by atoms with Gasteiger partial charge in [0.25, 0.3) is 5.91 Å². The minimum atomic E-state index is -0.684. The van der Waals surface area contributed by atoms with Crippen LogP contribution in [0.5, 0.6) is 5.75 Å². The summed E-state index contributed by atoms with van der Waals surface area (Å²) in [5.41, 5.74) is -0.245. The Labute approximate surface area is 112 Å². The summed E-state index contributed by atoms with van der Waals surface area (Å²) in [7, 11) is 3.66. The van der Waals surface area contributed by atoms with Crippen LogP contribution in [0.1, 0.15) is 23.2 Å². The number of nitrogens with zero attached hydrogens (tertiary/aromatic N) is 2.